The Morgan fingerprint density at radius 3 is 2.35 bits per heavy atom. The van der Waals surface area contributed by atoms with Crippen molar-refractivity contribution in [1.82, 2.24) is 19.8 Å². The molecule has 3 aromatic rings. The molecule has 1 atom stereocenters. The zero-order valence-electron chi connectivity index (χ0n) is 22.4. The smallest absolute Gasteiger partial charge is 0.406 e. The molecule has 2 heterocycles. The number of benzene rings is 1. The van der Waals surface area contributed by atoms with Gasteiger partial charge in [-0.15, -0.1) is 0 Å². The van der Waals surface area contributed by atoms with E-state index in [1.54, 1.807) is 45.2 Å². The molecule has 0 fully saturated rings. The van der Waals surface area contributed by atoms with Crippen LogP contribution in [0.3, 0.4) is 0 Å². The fraction of sp³-hybridized carbons (Fsp3) is 0.423. The van der Waals surface area contributed by atoms with Crippen LogP contribution in [0.2, 0.25) is 0 Å². The second-order valence-electron chi connectivity index (χ2n) is 9.03. The molecule has 1 amide bonds. The van der Waals surface area contributed by atoms with Gasteiger partial charge < -0.3 is 33.7 Å². The molecule has 200 valence electrons. The molecule has 0 saturated heterocycles. The Hall–Kier alpha value is -3.83. The van der Waals surface area contributed by atoms with Crippen molar-refractivity contribution < 1.29 is 24.1 Å². The molecule has 2 aromatic heterocycles. The van der Waals surface area contributed by atoms with E-state index in [9.17, 15) is 9.59 Å². The Kier molecular flexibility index (Phi) is 8.95. The highest BCUT2D eigenvalue weighted by Gasteiger charge is 2.18. The largest absolute Gasteiger partial charge is 0.496 e. The fourth-order valence-electron chi connectivity index (χ4n) is 4.10. The van der Waals surface area contributed by atoms with Gasteiger partial charge in [0.15, 0.2) is 0 Å². The fourth-order valence-corrected chi connectivity index (χ4v) is 4.10. The van der Waals surface area contributed by atoms with Crippen molar-refractivity contribution >= 4 is 22.7 Å². The summed E-state index contributed by atoms with van der Waals surface area (Å²) in [6.07, 6.45) is 1.60. The predicted molar refractivity (Wildman–Crippen MR) is 143 cm³/mol. The maximum atomic E-state index is 12.9. The second kappa shape index (κ2) is 11.9. The van der Waals surface area contributed by atoms with E-state index in [1.165, 1.54) is 0 Å². The Labute approximate surface area is 216 Å². The molecule has 11 nitrogen and oxygen atoms in total. The molecule has 0 aliphatic carbocycles. The van der Waals surface area contributed by atoms with E-state index in [-0.39, 0.29) is 12.2 Å². The number of ether oxygens (including phenoxy) is 3. The van der Waals surface area contributed by atoms with Gasteiger partial charge in [-0.3, -0.25) is 10.1 Å². The third-order valence-electron chi connectivity index (χ3n) is 5.96. The monoisotopic (exact) mass is 513 g/mol. The van der Waals surface area contributed by atoms with Crippen molar-refractivity contribution in [3.05, 3.63) is 46.5 Å². The van der Waals surface area contributed by atoms with E-state index in [2.05, 4.69) is 10.3 Å². The molecule has 3 rings (SSSR count). The quantitative estimate of drug-likeness (QED) is 0.373. The molecule has 1 unspecified atom stereocenters. The topological polar surface area (TPSA) is 118 Å². The van der Waals surface area contributed by atoms with Crippen molar-refractivity contribution in [2.24, 2.45) is 7.05 Å². The van der Waals surface area contributed by atoms with E-state index in [0.717, 1.165) is 22.1 Å². The summed E-state index contributed by atoms with van der Waals surface area (Å²) in [6.45, 7) is 3.01. The molecular weight excluding hydrogens is 478 g/mol. The number of amides is 1. The summed E-state index contributed by atoms with van der Waals surface area (Å²) in [4.78, 5) is 32.1. The van der Waals surface area contributed by atoms with Gasteiger partial charge >= 0.3 is 6.09 Å². The van der Waals surface area contributed by atoms with Gasteiger partial charge in [-0.1, -0.05) is 0 Å². The van der Waals surface area contributed by atoms with Crippen LogP contribution >= 0.6 is 0 Å². The predicted octanol–water partition coefficient (Wildman–Crippen LogP) is 2.75. The number of fused-ring (bicyclic) bond motifs is 1. The van der Waals surface area contributed by atoms with Gasteiger partial charge in [0, 0.05) is 50.5 Å². The number of carbonyl (C=O) groups is 1. The number of carboxylic acid groups (broad SMARTS) is 1. The number of pyridine rings is 2. The number of aromatic nitrogens is 2. The third-order valence-corrected chi connectivity index (χ3v) is 5.96. The lowest BCUT2D eigenvalue weighted by Gasteiger charge is -2.21. The average Bonchev–Trinajstić information content (AvgIpc) is 2.85. The van der Waals surface area contributed by atoms with E-state index >= 15 is 0 Å². The normalized spacial score (nSPS) is 12.0. The summed E-state index contributed by atoms with van der Waals surface area (Å²) in [5.74, 6) is 2.03. The SMILES string of the molecule is COc1cc(-c2cn(C)c(=O)c3cnc(N(C)CCOC(C)NC(=O)O)cc23)cc(OC)c1CN(C)C. The van der Waals surface area contributed by atoms with Crippen LogP contribution in [-0.4, -0.2) is 80.4 Å². The van der Waals surface area contributed by atoms with Gasteiger partial charge in [0.25, 0.3) is 5.56 Å². The van der Waals surface area contributed by atoms with Crippen LogP contribution in [0.15, 0.2) is 35.4 Å². The molecule has 11 heteroatoms. The van der Waals surface area contributed by atoms with Gasteiger partial charge in [-0.2, -0.15) is 0 Å². The van der Waals surface area contributed by atoms with Crippen LogP contribution in [-0.2, 0) is 18.3 Å². The number of rotatable bonds is 11. The highest BCUT2D eigenvalue weighted by atomic mass is 16.5. The molecule has 0 saturated carbocycles. The first-order valence-electron chi connectivity index (χ1n) is 11.8. The van der Waals surface area contributed by atoms with E-state index in [0.29, 0.717) is 35.8 Å². The summed E-state index contributed by atoms with van der Waals surface area (Å²) in [5, 5.41) is 12.3. The van der Waals surface area contributed by atoms with Crippen molar-refractivity contribution in [3.8, 4) is 22.6 Å². The minimum Gasteiger partial charge on any atom is -0.496 e. The van der Waals surface area contributed by atoms with Gasteiger partial charge in [0.05, 0.1) is 31.8 Å². The third kappa shape index (κ3) is 6.49. The highest BCUT2D eigenvalue weighted by molar-refractivity contribution is 5.97. The lowest BCUT2D eigenvalue weighted by atomic mass is 9.98. The van der Waals surface area contributed by atoms with Gasteiger partial charge in [-0.25, -0.2) is 9.78 Å². The summed E-state index contributed by atoms with van der Waals surface area (Å²) in [6, 6.07) is 5.78. The summed E-state index contributed by atoms with van der Waals surface area (Å²) >= 11 is 0. The first-order valence-corrected chi connectivity index (χ1v) is 11.8. The molecule has 0 radical (unpaired) electrons. The van der Waals surface area contributed by atoms with E-state index < -0.39 is 12.3 Å². The number of anilines is 1. The standard InChI is InChI=1S/C26H35N5O6/c1-16(28-26(33)34)37-9-8-30(4)24-12-18-19(13-27-24)25(32)31(5)15-20(18)17-10-22(35-6)21(14-29(2)3)23(11-17)36-7/h10-13,15-16,28H,8-9,14H2,1-7H3,(H,33,34). The van der Waals surface area contributed by atoms with Crippen LogP contribution in [0.1, 0.15) is 12.5 Å². The molecule has 0 aliphatic heterocycles. The number of nitrogens with zero attached hydrogens (tertiary/aromatic N) is 4. The minimum atomic E-state index is -1.14. The number of aryl methyl sites for hydroxylation is 1. The molecule has 0 aliphatic rings. The highest BCUT2D eigenvalue weighted by Crippen LogP contribution is 2.38. The summed E-state index contributed by atoms with van der Waals surface area (Å²) < 4.78 is 18.5. The van der Waals surface area contributed by atoms with Crippen LogP contribution in [0.25, 0.3) is 21.9 Å². The molecule has 1 aromatic carbocycles. The number of likely N-dealkylation sites (N-methyl/N-ethyl adjacent to an activating group) is 1. The van der Waals surface area contributed by atoms with Gasteiger partial charge in [0.1, 0.15) is 23.5 Å². The van der Waals surface area contributed by atoms with Crippen molar-refractivity contribution in [2.75, 3.05) is 53.4 Å². The average molecular weight is 514 g/mol. The first-order chi connectivity index (χ1) is 17.5. The van der Waals surface area contributed by atoms with Crippen molar-refractivity contribution in [2.45, 2.75) is 19.7 Å². The Morgan fingerprint density at radius 1 is 1.14 bits per heavy atom. The van der Waals surface area contributed by atoms with Crippen LogP contribution in [0, 0.1) is 0 Å². The maximum absolute atomic E-state index is 12.9. The van der Waals surface area contributed by atoms with Crippen LogP contribution in [0.5, 0.6) is 11.5 Å². The summed E-state index contributed by atoms with van der Waals surface area (Å²) in [7, 11) is 10.8. The summed E-state index contributed by atoms with van der Waals surface area (Å²) in [5.41, 5.74) is 2.45. The second-order valence-corrected chi connectivity index (χ2v) is 9.03. The van der Waals surface area contributed by atoms with Gasteiger partial charge in [-0.05, 0) is 44.8 Å². The first kappa shape index (κ1) is 27.8. The number of hydrogen-bond donors (Lipinski definition) is 2. The molecular formula is C26H35N5O6. The minimum absolute atomic E-state index is 0.152. The Balaban J connectivity index is 2.04. The van der Waals surface area contributed by atoms with Gasteiger partial charge in [0.2, 0.25) is 0 Å². The maximum Gasteiger partial charge on any atom is 0.406 e. The Bertz CT molecular complexity index is 1300. The number of nitrogens with one attached hydrogen (secondary N) is 1. The molecule has 0 spiro atoms. The van der Waals surface area contributed by atoms with E-state index in [4.69, 9.17) is 19.3 Å². The molecule has 2 N–H and O–H groups in total. The lowest BCUT2D eigenvalue weighted by Crippen LogP contribution is -2.35. The number of hydrogen-bond acceptors (Lipinski definition) is 8. The zero-order valence-corrected chi connectivity index (χ0v) is 22.4. The van der Waals surface area contributed by atoms with Crippen molar-refractivity contribution in [1.29, 1.82) is 0 Å². The van der Waals surface area contributed by atoms with Crippen LogP contribution < -0.4 is 25.2 Å². The Morgan fingerprint density at radius 2 is 1.78 bits per heavy atom. The lowest BCUT2D eigenvalue weighted by molar-refractivity contribution is 0.0481. The van der Waals surface area contributed by atoms with E-state index in [1.807, 2.05) is 49.1 Å². The zero-order chi connectivity index (χ0) is 27.3. The van der Waals surface area contributed by atoms with Crippen molar-refractivity contribution in [3.63, 3.8) is 0 Å². The van der Waals surface area contributed by atoms with Crippen LogP contribution in [0.4, 0.5) is 10.6 Å². The molecule has 37 heavy (non-hydrogen) atoms. The molecule has 0 bridgehead atoms. The number of methoxy groups -OCH3 is 2.